The number of rotatable bonds is 4. The largest absolute Gasteiger partial charge is 0.506 e. The molecule has 3 aromatic carbocycles. The van der Waals surface area contributed by atoms with Crippen LogP contribution in [0.4, 0.5) is 0 Å². The van der Waals surface area contributed by atoms with Gasteiger partial charge in [0.2, 0.25) is 5.91 Å². The third-order valence-electron chi connectivity index (χ3n) is 3.80. The van der Waals surface area contributed by atoms with Crippen LogP contribution in [0.15, 0.2) is 67.1 Å². The molecule has 2 N–H and O–H groups in total. The molecular weight excluding hydrogens is 528 g/mol. The normalized spacial score (nSPS) is 11.2. The molecular formula is C19H13Br3N2O2. The van der Waals surface area contributed by atoms with Gasteiger partial charge in [-0.1, -0.05) is 58.4 Å². The Labute approximate surface area is 175 Å². The number of phenolic OH excluding ortho intramolecular Hbond substituents is 1. The fraction of sp³-hybridized carbons (Fsp3) is 0.0526. The van der Waals surface area contributed by atoms with E-state index in [0.717, 1.165) is 20.8 Å². The average molecular weight is 541 g/mol. The lowest BCUT2D eigenvalue weighted by Crippen LogP contribution is -2.20. The summed E-state index contributed by atoms with van der Waals surface area (Å²) in [5.41, 5.74) is 4.09. The Hall–Kier alpha value is -1.70. The molecule has 4 nitrogen and oxygen atoms in total. The van der Waals surface area contributed by atoms with E-state index in [-0.39, 0.29) is 18.1 Å². The molecule has 0 aromatic heterocycles. The first-order chi connectivity index (χ1) is 12.5. The topological polar surface area (TPSA) is 61.7 Å². The standard InChI is InChI=1S/C19H13Br3N2O2/c20-15-9-16(21)19(26)18(22)14(15)10-23-24-17(25)8-12-6-3-5-11-4-1-2-7-13(11)12/h1-7,9-10,26H,8H2,(H,24,25). The first-order valence-corrected chi connectivity index (χ1v) is 10.00. The molecule has 0 radical (unpaired) electrons. The van der Waals surface area contributed by atoms with Gasteiger partial charge in [-0.2, -0.15) is 5.10 Å². The van der Waals surface area contributed by atoms with Gasteiger partial charge in [0.15, 0.2) is 0 Å². The van der Waals surface area contributed by atoms with Crippen molar-refractivity contribution >= 4 is 70.7 Å². The maximum Gasteiger partial charge on any atom is 0.244 e. The van der Waals surface area contributed by atoms with Gasteiger partial charge >= 0.3 is 0 Å². The smallest absolute Gasteiger partial charge is 0.244 e. The predicted molar refractivity (Wildman–Crippen MR) is 115 cm³/mol. The number of hydrogen-bond acceptors (Lipinski definition) is 3. The van der Waals surface area contributed by atoms with Crippen molar-refractivity contribution in [3.8, 4) is 5.75 Å². The summed E-state index contributed by atoms with van der Waals surface area (Å²) in [5.74, 6) is -0.150. The summed E-state index contributed by atoms with van der Waals surface area (Å²) in [6.07, 6.45) is 1.70. The number of amides is 1. The third kappa shape index (κ3) is 4.16. The third-order valence-corrected chi connectivity index (χ3v) is 5.86. The fourth-order valence-electron chi connectivity index (χ4n) is 2.54. The lowest BCUT2D eigenvalue weighted by molar-refractivity contribution is -0.120. The van der Waals surface area contributed by atoms with Gasteiger partial charge < -0.3 is 5.11 Å². The number of hydrazone groups is 1. The van der Waals surface area contributed by atoms with Crippen LogP contribution in [0.25, 0.3) is 10.8 Å². The lowest BCUT2D eigenvalue weighted by atomic mass is 10.0. The van der Waals surface area contributed by atoms with Gasteiger partial charge in [-0.15, -0.1) is 0 Å². The minimum absolute atomic E-state index is 0.0664. The number of carbonyl (C=O) groups is 1. The van der Waals surface area contributed by atoms with Crippen LogP contribution in [0.5, 0.6) is 5.75 Å². The Kier molecular flexibility index (Phi) is 6.11. The highest BCUT2D eigenvalue weighted by molar-refractivity contribution is 9.11. The quantitative estimate of drug-likeness (QED) is 0.338. The zero-order valence-corrected chi connectivity index (χ0v) is 18.1. The van der Waals surface area contributed by atoms with E-state index in [4.69, 9.17) is 0 Å². The van der Waals surface area contributed by atoms with Crippen LogP contribution in [-0.4, -0.2) is 17.2 Å². The van der Waals surface area contributed by atoms with Crippen LogP contribution in [0.1, 0.15) is 11.1 Å². The van der Waals surface area contributed by atoms with E-state index in [1.807, 2.05) is 42.5 Å². The number of aromatic hydroxyl groups is 1. The summed E-state index contributed by atoms with van der Waals surface area (Å²) in [5, 5.41) is 16.1. The van der Waals surface area contributed by atoms with Crippen molar-refractivity contribution in [1.82, 2.24) is 5.43 Å². The minimum atomic E-state index is -0.216. The molecule has 7 heteroatoms. The highest BCUT2D eigenvalue weighted by Crippen LogP contribution is 2.38. The monoisotopic (exact) mass is 538 g/mol. The van der Waals surface area contributed by atoms with Crippen molar-refractivity contribution < 1.29 is 9.90 Å². The van der Waals surface area contributed by atoms with Gasteiger partial charge in [0, 0.05) is 10.0 Å². The average Bonchev–Trinajstić information content (AvgIpc) is 2.63. The van der Waals surface area contributed by atoms with Gasteiger partial charge in [-0.25, -0.2) is 5.43 Å². The maximum atomic E-state index is 12.2. The molecule has 0 aliphatic carbocycles. The summed E-state index contributed by atoms with van der Waals surface area (Å²) in [7, 11) is 0. The maximum absolute atomic E-state index is 12.2. The molecule has 0 aliphatic heterocycles. The predicted octanol–water partition coefficient (Wildman–Crippen LogP) is 5.53. The zero-order chi connectivity index (χ0) is 18.7. The number of nitrogens with one attached hydrogen (secondary N) is 1. The van der Waals surface area contributed by atoms with Crippen LogP contribution >= 0.6 is 47.8 Å². The highest BCUT2D eigenvalue weighted by Gasteiger charge is 2.12. The zero-order valence-electron chi connectivity index (χ0n) is 13.3. The molecule has 0 heterocycles. The molecule has 3 aromatic rings. The second kappa shape index (κ2) is 8.33. The van der Waals surface area contributed by atoms with Crippen LogP contribution in [0.3, 0.4) is 0 Å². The van der Waals surface area contributed by atoms with Crippen LogP contribution in [-0.2, 0) is 11.2 Å². The Morgan fingerprint density at radius 1 is 1.08 bits per heavy atom. The van der Waals surface area contributed by atoms with Crippen molar-refractivity contribution in [2.75, 3.05) is 0 Å². The van der Waals surface area contributed by atoms with Crippen LogP contribution in [0, 0.1) is 0 Å². The van der Waals surface area contributed by atoms with Gasteiger partial charge in [-0.3, -0.25) is 4.79 Å². The molecule has 3 rings (SSSR count). The van der Waals surface area contributed by atoms with E-state index in [1.54, 1.807) is 6.07 Å². The molecule has 0 saturated carbocycles. The fourth-order valence-corrected chi connectivity index (χ4v) is 4.87. The van der Waals surface area contributed by atoms with Crippen molar-refractivity contribution in [2.45, 2.75) is 6.42 Å². The number of phenols is 1. The molecule has 0 fully saturated rings. The second-order valence-corrected chi connectivity index (χ2v) is 8.03. The summed E-state index contributed by atoms with van der Waals surface area (Å²) in [6, 6.07) is 15.5. The number of benzene rings is 3. The van der Waals surface area contributed by atoms with Crippen molar-refractivity contribution in [3.05, 3.63) is 73.1 Å². The van der Waals surface area contributed by atoms with E-state index in [2.05, 4.69) is 58.3 Å². The van der Waals surface area contributed by atoms with Gasteiger partial charge in [0.05, 0.1) is 21.6 Å². The summed E-state index contributed by atoms with van der Waals surface area (Å²) >= 11 is 9.98. The Bertz CT molecular complexity index is 1010. The number of fused-ring (bicyclic) bond motifs is 1. The van der Waals surface area contributed by atoms with E-state index < -0.39 is 0 Å². The number of hydrogen-bond donors (Lipinski definition) is 2. The van der Waals surface area contributed by atoms with Crippen molar-refractivity contribution in [2.24, 2.45) is 5.10 Å². The SMILES string of the molecule is O=C(Cc1cccc2ccccc12)NN=Cc1c(Br)cc(Br)c(O)c1Br. The first-order valence-electron chi connectivity index (χ1n) is 7.62. The van der Waals surface area contributed by atoms with E-state index in [0.29, 0.717) is 14.5 Å². The first kappa shape index (κ1) is 19.1. The number of halogens is 3. The molecule has 1 amide bonds. The summed E-state index contributed by atoms with van der Waals surface area (Å²) < 4.78 is 1.75. The molecule has 0 aliphatic rings. The summed E-state index contributed by atoms with van der Waals surface area (Å²) in [6.45, 7) is 0. The summed E-state index contributed by atoms with van der Waals surface area (Å²) in [4.78, 5) is 12.2. The molecule has 26 heavy (non-hydrogen) atoms. The molecule has 0 spiro atoms. The van der Waals surface area contributed by atoms with E-state index in [9.17, 15) is 9.90 Å². The Morgan fingerprint density at radius 2 is 1.81 bits per heavy atom. The van der Waals surface area contributed by atoms with Crippen molar-refractivity contribution in [1.29, 1.82) is 0 Å². The van der Waals surface area contributed by atoms with Gasteiger partial charge in [0.1, 0.15) is 5.75 Å². The molecule has 132 valence electrons. The molecule has 0 saturated heterocycles. The van der Waals surface area contributed by atoms with E-state index in [1.165, 1.54) is 6.21 Å². The lowest BCUT2D eigenvalue weighted by Gasteiger charge is -2.07. The van der Waals surface area contributed by atoms with Crippen LogP contribution in [0.2, 0.25) is 0 Å². The number of carbonyl (C=O) groups excluding carboxylic acids is 1. The molecule has 0 bridgehead atoms. The Morgan fingerprint density at radius 3 is 2.62 bits per heavy atom. The molecule has 0 unspecified atom stereocenters. The Balaban J connectivity index is 1.73. The van der Waals surface area contributed by atoms with Crippen LogP contribution < -0.4 is 5.43 Å². The molecule has 0 atom stereocenters. The minimum Gasteiger partial charge on any atom is -0.506 e. The van der Waals surface area contributed by atoms with Gasteiger partial charge in [0.25, 0.3) is 0 Å². The van der Waals surface area contributed by atoms with Crippen molar-refractivity contribution in [3.63, 3.8) is 0 Å². The van der Waals surface area contributed by atoms with Gasteiger partial charge in [-0.05, 0) is 54.3 Å². The van der Waals surface area contributed by atoms with E-state index >= 15 is 0 Å². The second-order valence-electron chi connectivity index (χ2n) is 5.52. The highest BCUT2D eigenvalue weighted by atomic mass is 79.9. The number of nitrogens with zero attached hydrogens (tertiary/aromatic N) is 1.